The predicted molar refractivity (Wildman–Crippen MR) is 94.3 cm³/mol. The smallest absolute Gasteiger partial charge is 0.0347 e. The van der Waals surface area contributed by atoms with Crippen LogP contribution in [0.5, 0.6) is 0 Å². The molecule has 0 aliphatic heterocycles. The zero-order chi connectivity index (χ0) is 15.9. The number of aryl methyl sites for hydroxylation is 1. The Kier molecular flexibility index (Phi) is 6.82. The van der Waals surface area contributed by atoms with Gasteiger partial charge in [0.25, 0.3) is 0 Å². The molecule has 0 heterocycles. The number of hydrogen-bond acceptors (Lipinski definition) is 1. The Morgan fingerprint density at radius 1 is 1.19 bits per heavy atom. The van der Waals surface area contributed by atoms with Crippen LogP contribution in [-0.4, -0.2) is 0 Å². The minimum atomic E-state index is 0.366. The Bertz CT molecular complexity index is 500. The second-order valence-electron chi connectivity index (χ2n) is 6.21. The number of rotatable bonds is 7. The molecule has 0 bridgehead atoms. The molecule has 0 aliphatic rings. The number of nitrogens with two attached hydrogens (primary N) is 1. The summed E-state index contributed by atoms with van der Waals surface area (Å²) in [6.45, 7) is 11.2. The van der Waals surface area contributed by atoms with Crippen LogP contribution in [0.2, 0.25) is 0 Å². The molecule has 0 saturated carbocycles. The largest absolute Gasteiger partial charge is 0.399 e. The first kappa shape index (κ1) is 17.6. The number of hydrogen-bond donors (Lipinski definition) is 1. The van der Waals surface area contributed by atoms with Crippen molar-refractivity contribution >= 4 is 5.69 Å². The van der Waals surface area contributed by atoms with Crippen LogP contribution in [0.15, 0.2) is 18.2 Å². The summed E-state index contributed by atoms with van der Waals surface area (Å²) in [5.74, 6) is 6.69. The van der Waals surface area contributed by atoms with Crippen molar-refractivity contribution in [1.82, 2.24) is 0 Å². The van der Waals surface area contributed by atoms with Crippen molar-refractivity contribution in [3.05, 3.63) is 29.3 Å². The summed E-state index contributed by atoms with van der Waals surface area (Å²) in [7, 11) is 0. The minimum absolute atomic E-state index is 0.366. The molecule has 2 N–H and O–H groups in total. The lowest BCUT2D eigenvalue weighted by Crippen LogP contribution is -2.24. The fourth-order valence-electron chi connectivity index (χ4n) is 3.25. The Morgan fingerprint density at radius 2 is 1.86 bits per heavy atom. The first-order valence-electron chi connectivity index (χ1n) is 8.30. The molecule has 0 fully saturated rings. The Morgan fingerprint density at radius 3 is 2.38 bits per heavy atom. The fraction of sp³-hybridized carbons (Fsp3) is 0.600. The Balaban J connectivity index is 3.10. The average molecular weight is 285 g/mol. The molecule has 1 aromatic carbocycles. The zero-order valence-electron chi connectivity index (χ0n) is 14.4. The molecule has 0 radical (unpaired) electrons. The normalized spacial score (nSPS) is 12.6. The summed E-state index contributed by atoms with van der Waals surface area (Å²) in [5, 5.41) is 0. The minimum Gasteiger partial charge on any atom is -0.399 e. The first-order chi connectivity index (χ1) is 10.0. The molecule has 1 nitrogen and oxygen atoms in total. The van der Waals surface area contributed by atoms with Crippen molar-refractivity contribution in [2.75, 3.05) is 5.73 Å². The molecule has 0 saturated heterocycles. The van der Waals surface area contributed by atoms with Crippen LogP contribution in [0.25, 0.3) is 0 Å². The third kappa shape index (κ3) is 4.27. The maximum absolute atomic E-state index is 6.14. The van der Waals surface area contributed by atoms with E-state index in [2.05, 4.69) is 57.7 Å². The summed E-state index contributed by atoms with van der Waals surface area (Å²) in [6, 6.07) is 6.63. The Labute approximate surface area is 131 Å². The number of nitrogen functional groups attached to an aromatic ring is 1. The molecule has 1 rings (SSSR count). The van der Waals surface area contributed by atoms with E-state index in [1.807, 2.05) is 6.92 Å². The molecule has 21 heavy (non-hydrogen) atoms. The second kappa shape index (κ2) is 8.13. The first-order valence-corrected chi connectivity index (χ1v) is 8.30. The van der Waals surface area contributed by atoms with Crippen LogP contribution in [0, 0.1) is 17.3 Å². The van der Waals surface area contributed by atoms with E-state index in [-0.39, 0.29) is 0 Å². The molecule has 0 aliphatic carbocycles. The van der Waals surface area contributed by atoms with Crippen molar-refractivity contribution in [3.63, 3.8) is 0 Å². The van der Waals surface area contributed by atoms with Crippen molar-refractivity contribution in [2.45, 2.75) is 72.6 Å². The van der Waals surface area contributed by atoms with Gasteiger partial charge in [0, 0.05) is 12.1 Å². The van der Waals surface area contributed by atoms with Crippen LogP contribution >= 0.6 is 0 Å². The maximum atomic E-state index is 6.14. The quantitative estimate of drug-likeness (QED) is 0.516. The lowest BCUT2D eigenvalue weighted by Gasteiger charge is -2.36. The highest BCUT2D eigenvalue weighted by atomic mass is 14.6. The molecule has 116 valence electrons. The molecule has 0 aromatic heterocycles. The predicted octanol–water partition coefficient (Wildman–Crippen LogP) is 5.54. The second-order valence-corrected chi connectivity index (χ2v) is 6.21. The van der Waals surface area contributed by atoms with Crippen LogP contribution in [0.3, 0.4) is 0 Å². The van der Waals surface area contributed by atoms with Gasteiger partial charge in [0.05, 0.1) is 0 Å². The van der Waals surface area contributed by atoms with E-state index in [0.29, 0.717) is 11.3 Å². The lowest BCUT2D eigenvalue weighted by molar-refractivity contribution is 0.225. The van der Waals surface area contributed by atoms with Crippen molar-refractivity contribution in [2.24, 2.45) is 5.41 Å². The van der Waals surface area contributed by atoms with Gasteiger partial charge in [-0.2, -0.15) is 0 Å². The van der Waals surface area contributed by atoms with Gasteiger partial charge in [0.2, 0.25) is 0 Å². The van der Waals surface area contributed by atoms with Crippen molar-refractivity contribution in [1.29, 1.82) is 0 Å². The lowest BCUT2D eigenvalue weighted by atomic mass is 9.68. The van der Waals surface area contributed by atoms with Crippen LogP contribution in [0.4, 0.5) is 5.69 Å². The molecular weight excluding hydrogens is 254 g/mol. The molecule has 0 amide bonds. The van der Waals surface area contributed by atoms with E-state index in [4.69, 9.17) is 5.73 Å². The summed E-state index contributed by atoms with van der Waals surface area (Å²) in [5.41, 5.74) is 10.1. The zero-order valence-corrected chi connectivity index (χ0v) is 14.4. The Hall–Kier alpha value is -1.42. The maximum Gasteiger partial charge on any atom is 0.0347 e. The highest BCUT2D eigenvalue weighted by molar-refractivity contribution is 5.49. The van der Waals surface area contributed by atoms with Gasteiger partial charge in [0.1, 0.15) is 0 Å². The van der Waals surface area contributed by atoms with Gasteiger partial charge in [-0.3, -0.25) is 0 Å². The van der Waals surface area contributed by atoms with Crippen LogP contribution < -0.4 is 5.73 Å². The van der Waals surface area contributed by atoms with Gasteiger partial charge in [-0.15, -0.1) is 11.8 Å². The van der Waals surface area contributed by atoms with E-state index >= 15 is 0 Å². The summed E-state index contributed by atoms with van der Waals surface area (Å²) < 4.78 is 0. The molecule has 1 heteroatoms. The van der Waals surface area contributed by atoms with Gasteiger partial charge >= 0.3 is 0 Å². The van der Waals surface area contributed by atoms with E-state index in [1.54, 1.807) is 0 Å². The van der Waals surface area contributed by atoms with E-state index in [0.717, 1.165) is 18.5 Å². The summed E-state index contributed by atoms with van der Waals surface area (Å²) in [4.78, 5) is 0. The molecule has 1 unspecified atom stereocenters. The molecular formula is C20H31N. The van der Waals surface area contributed by atoms with Gasteiger partial charge < -0.3 is 5.73 Å². The monoisotopic (exact) mass is 285 g/mol. The number of anilines is 1. The van der Waals surface area contributed by atoms with Crippen molar-refractivity contribution in [3.8, 4) is 11.8 Å². The number of benzene rings is 1. The van der Waals surface area contributed by atoms with E-state index in [9.17, 15) is 0 Å². The molecule has 1 aromatic rings. The van der Waals surface area contributed by atoms with Crippen molar-refractivity contribution < 1.29 is 0 Å². The van der Waals surface area contributed by atoms with Gasteiger partial charge in [-0.25, -0.2) is 0 Å². The topological polar surface area (TPSA) is 26.0 Å². The third-order valence-corrected chi connectivity index (χ3v) is 5.13. The standard InChI is InChI=1S/C20H31N/c1-6-10-11-12-17-15-16(13-14-19(17)21)18(7-2)20(5,8-3)9-4/h13-15,18H,7-9,11-12,21H2,1-5H3. The average Bonchev–Trinajstić information content (AvgIpc) is 2.50. The van der Waals surface area contributed by atoms with Crippen LogP contribution in [-0.2, 0) is 6.42 Å². The summed E-state index contributed by atoms with van der Waals surface area (Å²) >= 11 is 0. The van der Waals surface area contributed by atoms with Gasteiger partial charge in [-0.05, 0) is 48.3 Å². The third-order valence-electron chi connectivity index (χ3n) is 5.13. The molecule has 1 atom stereocenters. The highest BCUT2D eigenvalue weighted by Crippen LogP contribution is 2.44. The van der Waals surface area contributed by atoms with E-state index in [1.165, 1.54) is 30.4 Å². The highest BCUT2D eigenvalue weighted by Gasteiger charge is 2.30. The van der Waals surface area contributed by atoms with E-state index < -0.39 is 0 Å². The van der Waals surface area contributed by atoms with Gasteiger partial charge in [0.15, 0.2) is 0 Å². The SMILES string of the molecule is CC#CCCc1cc(C(CC)C(C)(CC)CC)ccc1N. The molecule has 0 spiro atoms. The fourth-order valence-corrected chi connectivity index (χ4v) is 3.25. The van der Waals surface area contributed by atoms with Gasteiger partial charge in [-0.1, -0.05) is 52.7 Å². The summed E-state index contributed by atoms with van der Waals surface area (Å²) in [6.07, 6.45) is 5.44. The van der Waals surface area contributed by atoms with Crippen LogP contribution in [0.1, 0.15) is 77.3 Å².